The van der Waals surface area contributed by atoms with Crippen molar-refractivity contribution in [2.24, 2.45) is 0 Å². The Labute approximate surface area is 79.2 Å². The minimum Gasteiger partial charge on any atom is -0.315 e. The van der Waals surface area contributed by atoms with Crippen molar-refractivity contribution in [3.8, 4) is 0 Å². The van der Waals surface area contributed by atoms with Crippen LogP contribution in [0.15, 0.2) is 17.1 Å². The van der Waals surface area contributed by atoms with Crippen molar-refractivity contribution in [3.05, 3.63) is 33.7 Å². The molecule has 2 heteroatoms. The van der Waals surface area contributed by atoms with Crippen LogP contribution < -0.4 is 5.56 Å². The van der Waals surface area contributed by atoms with Gasteiger partial charge in [-0.2, -0.15) is 0 Å². The summed E-state index contributed by atoms with van der Waals surface area (Å²) in [5.41, 5.74) is 2.25. The molecule has 0 radical (unpaired) electrons. The second kappa shape index (κ2) is 4.26. The standard InChI is InChI=1S/C11H17NO/c1-4-6-12-8-10(5-2)7-9(3)11(12)13/h7-8H,4-6H2,1-3H3. The fourth-order valence-electron chi connectivity index (χ4n) is 1.46. The van der Waals surface area contributed by atoms with Crippen molar-refractivity contribution in [1.29, 1.82) is 0 Å². The van der Waals surface area contributed by atoms with E-state index in [2.05, 4.69) is 13.8 Å². The molecule has 0 spiro atoms. The van der Waals surface area contributed by atoms with E-state index < -0.39 is 0 Å². The molecule has 0 fully saturated rings. The number of hydrogen-bond donors (Lipinski definition) is 0. The molecule has 0 amide bonds. The second-order valence-corrected chi connectivity index (χ2v) is 3.38. The van der Waals surface area contributed by atoms with Gasteiger partial charge >= 0.3 is 0 Å². The summed E-state index contributed by atoms with van der Waals surface area (Å²) in [6.45, 7) is 6.90. The quantitative estimate of drug-likeness (QED) is 0.696. The molecule has 0 unspecified atom stereocenters. The van der Waals surface area contributed by atoms with Gasteiger partial charge in [0.1, 0.15) is 0 Å². The fourth-order valence-corrected chi connectivity index (χ4v) is 1.46. The van der Waals surface area contributed by atoms with E-state index >= 15 is 0 Å². The molecular formula is C11H17NO. The van der Waals surface area contributed by atoms with E-state index in [1.807, 2.05) is 23.8 Å². The molecule has 1 heterocycles. The molecule has 0 bridgehead atoms. The number of pyridine rings is 1. The minimum absolute atomic E-state index is 0.152. The summed E-state index contributed by atoms with van der Waals surface area (Å²) in [4.78, 5) is 11.6. The zero-order chi connectivity index (χ0) is 9.84. The molecule has 2 nitrogen and oxygen atoms in total. The first kappa shape index (κ1) is 10.0. The Morgan fingerprint density at radius 3 is 2.62 bits per heavy atom. The Morgan fingerprint density at radius 2 is 2.08 bits per heavy atom. The highest BCUT2D eigenvalue weighted by Crippen LogP contribution is 2.01. The third-order valence-corrected chi connectivity index (χ3v) is 2.19. The van der Waals surface area contributed by atoms with Crippen molar-refractivity contribution in [1.82, 2.24) is 4.57 Å². The highest BCUT2D eigenvalue weighted by Gasteiger charge is 2.00. The Kier molecular flexibility index (Phi) is 3.29. The maximum absolute atomic E-state index is 11.6. The number of nitrogens with zero attached hydrogens (tertiary/aromatic N) is 1. The number of rotatable bonds is 3. The van der Waals surface area contributed by atoms with Gasteiger partial charge < -0.3 is 4.57 Å². The highest BCUT2D eigenvalue weighted by atomic mass is 16.1. The number of aromatic nitrogens is 1. The van der Waals surface area contributed by atoms with Gasteiger partial charge in [-0.3, -0.25) is 4.79 Å². The van der Waals surface area contributed by atoms with Crippen LogP contribution in [0.1, 0.15) is 31.4 Å². The lowest BCUT2D eigenvalue weighted by atomic mass is 10.2. The van der Waals surface area contributed by atoms with Gasteiger partial charge in [-0.1, -0.05) is 13.8 Å². The van der Waals surface area contributed by atoms with E-state index in [-0.39, 0.29) is 5.56 Å². The monoisotopic (exact) mass is 179 g/mol. The molecular weight excluding hydrogens is 162 g/mol. The molecule has 0 N–H and O–H groups in total. The Hall–Kier alpha value is -1.05. The molecule has 0 atom stereocenters. The lowest BCUT2D eigenvalue weighted by molar-refractivity contribution is 0.645. The van der Waals surface area contributed by atoms with Gasteiger partial charge in [0.2, 0.25) is 0 Å². The third kappa shape index (κ3) is 2.20. The molecule has 0 aliphatic heterocycles. The van der Waals surface area contributed by atoms with Gasteiger partial charge in [0.25, 0.3) is 5.56 Å². The summed E-state index contributed by atoms with van der Waals surface area (Å²) in [5, 5.41) is 0. The van der Waals surface area contributed by atoms with Crippen molar-refractivity contribution < 1.29 is 0 Å². The molecule has 1 aromatic heterocycles. The molecule has 1 rings (SSSR count). The maximum Gasteiger partial charge on any atom is 0.253 e. The van der Waals surface area contributed by atoms with Crippen LogP contribution in [0, 0.1) is 6.92 Å². The molecule has 0 saturated heterocycles. The first-order valence-corrected chi connectivity index (χ1v) is 4.89. The second-order valence-electron chi connectivity index (χ2n) is 3.38. The van der Waals surface area contributed by atoms with Gasteiger partial charge in [0.05, 0.1) is 0 Å². The maximum atomic E-state index is 11.6. The first-order chi connectivity index (χ1) is 6.19. The van der Waals surface area contributed by atoms with E-state index in [0.717, 1.165) is 24.9 Å². The summed E-state index contributed by atoms with van der Waals surface area (Å²) in [6.07, 6.45) is 3.97. The average Bonchev–Trinajstić information content (AvgIpc) is 2.13. The molecule has 0 saturated carbocycles. The van der Waals surface area contributed by atoms with Gasteiger partial charge in [-0.15, -0.1) is 0 Å². The van der Waals surface area contributed by atoms with Crippen LogP contribution in [0.25, 0.3) is 0 Å². The zero-order valence-corrected chi connectivity index (χ0v) is 8.63. The Bertz CT molecular complexity index is 338. The fraction of sp³-hybridized carbons (Fsp3) is 0.545. The topological polar surface area (TPSA) is 22.0 Å². The minimum atomic E-state index is 0.152. The van der Waals surface area contributed by atoms with Gasteiger partial charge in [-0.05, 0) is 31.4 Å². The van der Waals surface area contributed by atoms with Crippen LogP contribution in [0.4, 0.5) is 0 Å². The predicted octanol–water partition coefficient (Wildman–Crippen LogP) is 2.13. The summed E-state index contributed by atoms with van der Waals surface area (Å²) in [6, 6.07) is 1.98. The molecule has 0 aromatic carbocycles. The van der Waals surface area contributed by atoms with E-state index in [1.165, 1.54) is 5.56 Å². The largest absolute Gasteiger partial charge is 0.315 e. The smallest absolute Gasteiger partial charge is 0.253 e. The Balaban J connectivity index is 3.17. The lowest BCUT2D eigenvalue weighted by Gasteiger charge is -2.07. The van der Waals surface area contributed by atoms with Gasteiger partial charge in [0, 0.05) is 18.3 Å². The van der Waals surface area contributed by atoms with Crippen LogP contribution in [0.3, 0.4) is 0 Å². The van der Waals surface area contributed by atoms with Gasteiger partial charge in [-0.25, -0.2) is 0 Å². The third-order valence-electron chi connectivity index (χ3n) is 2.19. The molecule has 0 aliphatic rings. The van der Waals surface area contributed by atoms with Crippen LogP contribution in [0.2, 0.25) is 0 Å². The molecule has 0 aliphatic carbocycles. The lowest BCUT2D eigenvalue weighted by Crippen LogP contribution is -2.22. The number of hydrogen-bond acceptors (Lipinski definition) is 1. The molecule has 13 heavy (non-hydrogen) atoms. The summed E-state index contributed by atoms with van der Waals surface area (Å²) >= 11 is 0. The van der Waals surface area contributed by atoms with E-state index in [1.54, 1.807) is 0 Å². The van der Waals surface area contributed by atoms with Crippen molar-refractivity contribution in [2.45, 2.75) is 40.2 Å². The van der Waals surface area contributed by atoms with Crippen LogP contribution in [0.5, 0.6) is 0 Å². The van der Waals surface area contributed by atoms with Crippen molar-refractivity contribution >= 4 is 0 Å². The molecule has 72 valence electrons. The average molecular weight is 179 g/mol. The van der Waals surface area contributed by atoms with E-state index in [4.69, 9.17) is 0 Å². The normalized spacial score (nSPS) is 10.4. The van der Waals surface area contributed by atoms with E-state index in [0.29, 0.717) is 0 Å². The predicted molar refractivity (Wildman–Crippen MR) is 55.1 cm³/mol. The Morgan fingerprint density at radius 1 is 1.38 bits per heavy atom. The summed E-state index contributed by atoms with van der Waals surface area (Å²) in [5.74, 6) is 0. The first-order valence-electron chi connectivity index (χ1n) is 4.89. The van der Waals surface area contributed by atoms with Crippen molar-refractivity contribution in [2.75, 3.05) is 0 Å². The van der Waals surface area contributed by atoms with Crippen LogP contribution >= 0.6 is 0 Å². The van der Waals surface area contributed by atoms with E-state index in [9.17, 15) is 4.79 Å². The molecule has 1 aromatic rings. The number of aryl methyl sites for hydroxylation is 3. The highest BCUT2D eigenvalue weighted by molar-refractivity contribution is 5.17. The zero-order valence-electron chi connectivity index (χ0n) is 8.63. The van der Waals surface area contributed by atoms with Crippen molar-refractivity contribution in [3.63, 3.8) is 0 Å². The van der Waals surface area contributed by atoms with Gasteiger partial charge in [0.15, 0.2) is 0 Å². The van der Waals surface area contributed by atoms with Crippen LogP contribution in [-0.2, 0) is 13.0 Å². The van der Waals surface area contributed by atoms with Crippen LogP contribution in [-0.4, -0.2) is 4.57 Å². The SMILES string of the molecule is CCCn1cc(CC)cc(C)c1=O. The summed E-state index contributed by atoms with van der Waals surface area (Å²) in [7, 11) is 0. The summed E-state index contributed by atoms with van der Waals surface area (Å²) < 4.78 is 1.81.